The maximum atomic E-state index is 6.16. The van der Waals surface area contributed by atoms with E-state index in [9.17, 15) is 0 Å². The van der Waals surface area contributed by atoms with Crippen LogP contribution in [-0.2, 0) is 5.88 Å². The third-order valence-corrected chi connectivity index (χ3v) is 4.94. The Morgan fingerprint density at radius 3 is 2.90 bits per heavy atom. The minimum Gasteiger partial charge on any atom is -0.324 e. The van der Waals surface area contributed by atoms with Gasteiger partial charge in [-0.25, -0.2) is 4.98 Å². The molecule has 0 amide bonds. The van der Waals surface area contributed by atoms with Crippen LogP contribution in [0.4, 0.5) is 0 Å². The van der Waals surface area contributed by atoms with Crippen molar-refractivity contribution < 1.29 is 0 Å². The standard InChI is InChI=1S/C17H23ClN2/c1-12-5-3-7-14(10-9-12)20-16(11-18)19-15-8-4-6-13(2)17(15)20/h4,6,8,12,14H,3,5,7,9-11H2,1-2H3. The Hall–Kier alpha value is -1.02. The molecule has 1 saturated carbocycles. The molecule has 0 N–H and O–H groups in total. The quantitative estimate of drug-likeness (QED) is 0.547. The summed E-state index contributed by atoms with van der Waals surface area (Å²) in [5.41, 5.74) is 3.70. The summed E-state index contributed by atoms with van der Waals surface area (Å²) in [4.78, 5) is 4.75. The molecule has 3 rings (SSSR count). The topological polar surface area (TPSA) is 17.8 Å². The predicted octanol–water partition coefficient (Wildman–Crippen LogP) is 5.22. The van der Waals surface area contributed by atoms with Crippen LogP contribution in [0.5, 0.6) is 0 Å². The van der Waals surface area contributed by atoms with Gasteiger partial charge in [0.15, 0.2) is 0 Å². The molecule has 108 valence electrons. The molecule has 1 aliphatic carbocycles. The van der Waals surface area contributed by atoms with Gasteiger partial charge in [0.2, 0.25) is 0 Å². The first kappa shape index (κ1) is 13.9. The van der Waals surface area contributed by atoms with Gasteiger partial charge in [0, 0.05) is 6.04 Å². The number of rotatable bonds is 2. The molecule has 0 bridgehead atoms. The zero-order chi connectivity index (χ0) is 14.1. The second-order valence-electron chi connectivity index (χ2n) is 6.24. The molecule has 1 fully saturated rings. The number of nitrogens with zero attached hydrogens (tertiary/aromatic N) is 2. The van der Waals surface area contributed by atoms with Gasteiger partial charge in [-0.05, 0) is 43.7 Å². The van der Waals surface area contributed by atoms with Crippen molar-refractivity contribution >= 4 is 22.6 Å². The van der Waals surface area contributed by atoms with E-state index in [0.29, 0.717) is 11.9 Å². The summed E-state index contributed by atoms with van der Waals surface area (Å²) < 4.78 is 2.44. The van der Waals surface area contributed by atoms with Crippen LogP contribution in [0.3, 0.4) is 0 Å². The number of alkyl halides is 1. The van der Waals surface area contributed by atoms with Crippen LogP contribution in [0.1, 0.15) is 56.5 Å². The van der Waals surface area contributed by atoms with Crippen molar-refractivity contribution in [2.75, 3.05) is 0 Å². The molecule has 1 aromatic heterocycles. The van der Waals surface area contributed by atoms with Crippen LogP contribution in [0.2, 0.25) is 0 Å². The average Bonchev–Trinajstić information content (AvgIpc) is 2.69. The number of benzene rings is 1. The Morgan fingerprint density at radius 2 is 2.10 bits per heavy atom. The van der Waals surface area contributed by atoms with E-state index in [1.165, 1.54) is 43.2 Å². The van der Waals surface area contributed by atoms with Gasteiger partial charge in [-0.1, -0.05) is 31.9 Å². The lowest BCUT2D eigenvalue weighted by Crippen LogP contribution is -2.11. The van der Waals surface area contributed by atoms with Crippen molar-refractivity contribution in [1.82, 2.24) is 9.55 Å². The lowest BCUT2D eigenvalue weighted by atomic mass is 10.0. The first-order valence-electron chi connectivity index (χ1n) is 7.73. The SMILES string of the molecule is Cc1cccc2nc(CCl)n(C3CCCC(C)CC3)c12. The lowest BCUT2D eigenvalue weighted by molar-refractivity contribution is 0.433. The molecule has 0 radical (unpaired) electrons. The molecule has 2 nitrogen and oxygen atoms in total. The van der Waals surface area contributed by atoms with Crippen LogP contribution >= 0.6 is 11.6 Å². The molecular weight excluding hydrogens is 268 g/mol. The van der Waals surface area contributed by atoms with E-state index >= 15 is 0 Å². The van der Waals surface area contributed by atoms with Gasteiger partial charge in [0.05, 0.1) is 16.9 Å². The fourth-order valence-electron chi connectivity index (χ4n) is 3.58. The maximum Gasteiger partial charge on any atom is 0.125 e. The summed E-state index contributed by atoms with van der Waals surface area (Å²) in [6.07, 6.45) is 6.51. The third-order valence-electron chi connectivity index (χ3n) is 4.70. The van der Waals surface area contributed by atoms with Gasteiger partial charge in [0.25, 0.3) is 0 Å². The Bertz CT molecular complexity index is 602. The van der Waals surface area contributed by atoms with E-state index in [1.54, 1.807) is 0 Å². The molecule has 1 aromatic carbocycles. The monoisotopic (exact) mass is 290 g/mol. The number of imidazole rings is 1. The summed E-state index contributed by atoms with van der Waals surface area (Å²) in [7, 11) is 0. The highest BCUT2D eigenvalue weighted by Crippen LogP contribution is 2.34. The summed E-state index contributed by atoms with van der Waals surface area (Å²) in [5.74, 6) is 2.39. The number of hydrogen-bond acceptors (Lipinski definition) is 1. The number of hydrogen-bond donors (Lipinski definition) is 0. The van der Waals surface area contributed by atoms with Gasteiger partial charge in [-0.15, -0.1) is 11.6 Å². The second kappa shape index (κ2) is 5.77. The fourth-order valence-corrected chi connectivity index (χ4v) is 3.77. The first-order chi connectivity index (χ1) is 9.70. The Kier molecular flexibility index (Phi) is 4.02. The average molecular weight is 291 g/mol. The van der Waals surface area contributed by atoms with E-state index in [0.717, 1.165) is 17.3 Å². The summed E-state index contributed by atoms with van der Waals surface area (Å²) >= 11 is 6.16. The first-order valence-corrected chi connectivity index (χ1v) is 8.26. The normalized spacial score (nSPS) is 23.9. The van der Waals surface area contributed by atoms with E-state index in [4.69, 9.17) is 16.6 Å². The predicted molar refractivity (Wildman–Crippen MR) is 85.3 cm³/mol. The molecule has 20 heavy (non-hydrogen) atoms. The van der Waals surface area contributed by atoms with Gasteiger partial charge < -0.3 is 4.57 Å². The zero-order valence-corrected chi connectivity index (χ0v) is 13.2. The molecule has 0 saturated heterocycles. The molecular formula is C17H23ClN2. The summed E-state index contributed by atoms with van der Waals surface area (Å²) in [6.45, 7) is 4.56. The molecule has 2 aromatic rings. The third kappa shape index (κ3) is 2.46. The van der Waals surface area contributed by atoms with Crippen molar-refractivity contribution in [2.24, 2.45) is 5.92 Å². The largest absolute Gasteiger partial charge is 0.324 e. The molecule has 0 spiro atoms. The molecule has 0 aliphatic heterocycles. The Balaban J connectivity index is 2.09. The molecule has 2 unspecified atom stereocenters. The van der Waals surface area contributed by atoms with E-state index < -0.39 is 0 Å². The van der Waals surface area contributed by atoms with Gasteiger partial charge >= 0.3 is 0 Å². The van der Waals surface area contributed by atoms with Crippen molar-refractivity contribution in [3.05, 3.63) is 29.6 Å². The highest BCUT2D eigenvalue weighted by Gasteiger charge is 2.22. The number of halogens is 1. The number of aryl methyl sites for hydroxylation is 1. The highest BCUT2D eigenvalue weighted by molar-refractivity contribution is 6.16. The highest BCUT2D eigenvalue weighted by atomic mass is 35.5. The van der Waals surface area contributed by atoms with Crippen LogP contribution < -0.4 is 0 Å². The Morgan fingerprint density at radius 1 is 1.25 bits per heavy atom. The molecule has 1 aliphatic rings. The number of fused-ring (bicyclic) bond motifs is 1. The fraction of sp³-hybridized carbons (Fsp3) is 0.588. The van der Waals surface area contributed by atoms with Crippen LogP contribution in [0.15, 0.2) is 18.2 Å². The van der Waals surface area contributed by atoms with Crippen LogP contribution in [-0.4, -0.2) is 9.55 Å². The van der Waals surface area contributed by atoms with Gasteiger partial charge in [-0.3, -0.25) is 0 Å². The lowest BCUT2D eigenvalue weighted by Gasteiger charge is -2.20. The van der Waals surface area contributed by atoms with Crippen LogP contribution in [0.25, 0.3) is 11.0 Å². The smallest absolute Gasteiger partial charge is 0.125 e. The van der Waals surface area contributed by atoms with Gasteiger partial charge in [-0.2, -0.15) is 0 Å². The summed E-state index contributed by atoms with van der Waals surface area (Å²) in [5, 5.41) is 0. The minimum absolute atomic E-state index is 0.500. The van der Waals surface area contributed by atoms with Gasteiger partial charge in [0.1, 0.15) is 5.82 Å². The van der Waals surface area contributed by atoms with E-state index in [1.807, 2.05) is 0 Å². The molecule has 1 heterocycles. The van der Waals surface area contributed by atoms with Crippen molar-refractivity contribution in [3.8, 4) is 0 Å². The van der Waals surface area contributed by atoms with Crippen molar-refractivity contribution in [3.63, 3.8) is 0 Å². The maximum absolute atomic E-state index is 6.16. The van der Waals surface area contributed by atoms with E-state index in [-0.39, 0.29) is 0 Å². The summed E-state index contributed by atoms with van der Waals surface area (Å²) in [6, 6.07) is 6.94. The number of para-hydroxylation sites is 1. The number of aromatic nitrogens is 2. The van der Waals surface area contributed by atoms with E-state index in [2.05, 4.69) is 36.6 Å². The van der Waals surface area contributed by atoms with Crippen molar-refractivity contribution in [1.29, 1.82) is 0 Å². The second-order valence-corrected chi connectivity index (χ2v) is 6.51. The van der Waals surface area contributed by atoms with Crippen molar-refractivity contribution in [2.45, 2.75) is 57.9 Å². The minimum atomic E-state index is 0.500. The Labute approximate surface area is 126 Å². The molecule has 3 heteroatoms. The van der Waals surface area contributed by atoms with Crippen LogP contribution in [0, 0.1) is 12.8 Å². The zero-order valence-electron chi connectivity index (χ0n) is 12.4. The molecule has 2 atom stereocenters.